The highest BCUT2D eigenvalue weighted by Crippen LogP contribution is 2.44. The molecule has 156 valence electrons. The fourth-order valence-corrected chi connectivity index (χ4v) is 4.01. The summed E-state index contributed by atoms with van der Waals surface area (Å²) in [6.07, 6.45) is -0.285. The Labute approximate surface area is 173 Å². The largest absolute Gasteiger partial charge is 0.374 e. The maximum Gasteiger partial charge on any atom is 0.269 e. The summed E-state index contributed by atoms with van der Waals surface area (Å²) in [5, 5.41) is 22.3. The van der Waals surface area contributed by atoms with Gasteiger partial charge in [0, 0.05) is 42.9 Å². The zero-order chi connectivity index (χ0) is 22.1. The molecule has 1 aliphatic rings. The second kappa shape index (κ2) is 7.91. The molecule has 0 aromatic heterocycles. The van der Waals surface area contributed by atoms with Gasteiger partial charge in [0.25, 0.3) is 5.69 Å². The number of nitrogens with zero attached hydrogens (tertiary/aromatic N) is 1. The molecule has 0 radical (unpaired) electrons. The van der Waals surface area contributed by atoms with Crippen LogP contribution in [0.3, 0.4) is 0 Å². The number of hydrogen-bond donors (Lipinski definition) is 1. The van der Waals surface area contributed by atoms with Crippen LogP contribution in [0.15, 0.2) is 54.6 Å². The summed E-state index contributed by atoms with van der Waals surface area (Å²) >= 11 is 0. The SMILES string of the molecule is CC1(C)CC(=O)C(O)(C(CC(=O)c2ccccc2)c2ccc([N+](=O)[O-])cc2)C(=O)C1. The van der Waals surface area contributed by atoms with Crippen molar-refractivity contribution < 1.29 is 24.4 Å². The van der Waals surface area contributed by atoms with E-state index in [2.05, 4.69) is 0 Å². The molecule has 0 aliphatic heterocycles. The van der Waals surface area contributed by atoms with Gasteiger partial charge in [-0.2, -0.15) is 0 Å². The van der Waals surface area contributed by atoms with Gasteiger partial charge in [-0.3, -0.25) is 24.5 Å². The Morgan fingerprint density at radius 3 is 2.07 bits per heavy atom. The van der Waals surface area contributed by atoms with Gasteiger partial charge in [0.05, 0.1) is 4.92 Å². The number of rotatable bonds is 6. The summed E-state index contributed by atoms with van der Waals surface area (Å²) in [4.78, 5) is 49.2. The molecule has 3 rings (SSSR count). The van der Waals surface area contributed by atoms with Crippen LogP contribution in [-0.2, 0) is 9.59 Å². The number of aliphatic hydroxyl groups is 1. The number of ketones is 3. The summed E-state index contributed by atoms with van der Waals surface area (Å²) in [5.74, 6) is -2.74. The van der Waals surface area contributed by atoms with Crippen LogP contribution in [0.2, 0.25) is 0 Å². The van der Waals surface area contributed by atoms with E-state index in [0.29, 0.717) is 11.1 Å². The molecule has 30 heavy (non-hydrogen) atoms. The van der Waals surface area contributed by atoms with Gasteiger partial charge in [-0.15, -0.1) is 0 Å². The lowest BCUT2D eigenvalue weighted by Crippen LogP contribution is -2.57. The monoisotopic (exact) mass is 409 g/mol. The first-order valence-corrected chi connectivity index (χ1v) is 9.66. The van der Waals surface area contributed by atoms with Crippen LogP contribution in [0, 0.1) is 15.5 Å². The van der Waals surface area contributed by atoms with E-state index < -0.39 is 33.4 Å². The third-order valence-electron chi connectivity index (χ3n) is 5.62. The summed E-state index contributed by atoms with van der Waals surface area (Å²) in [7, 11) is 0. The molecular formula is C23H23NO6. The zero-order valence-corrected chi connectivity index (χ0v) is 16.8. The molecule has 1 atom stereocenters. The van der Waals surface area contributed by atoms with Crippen molar-refractivity contribution in [3.8, 4) is 0 Å². The van der Waals surface area contributed by atoms with Crippen molar-refractivity contribution in [3.05, 3.63) is 75.8 Å². The van der Waals surface area contributed by atoms with E-state index in [-0.39, 0.29) is 30.7 Å². The van der Waals surface area contributed by atoms with Crippen LogP contribution in [0.4, 0.5) is 5.69 Å². The van der Waals surface area contributed by atoms with Crippen molar-refractivity contribution in [2.75, 3.05) is 0 Å². The van der Waals surface area contributed by atoms with Crippen LogP contribution in [0.1, 0.15) is 54.9 Å². The predicted molar refractivity (Wildman–Crippen MR) is 109 cm³/mol. The lowest BCUT2D eigenvalue weighted by Gasteiger charge is -2.41. The van der Waals surface area contributed by atoms with Crippen molar-refractivity contribution in [1.82, 2.24) is 0 Å². The maximum absolute atomic E-state index is 13.0. The number of Topliss-reactive ketones (excluding diaryl/α,β-unsaturated/α-hetero) is 3. The van der Waals surface area contributed by atoms with Gasteiger partial charge >= 0.3 is 0 Å². The first-order valence-electron chi connectivity index (χ1n) is 9.66. The Morgan fingerprint density at radius 1 is 1.03 bits per heavy atom. The van der Waals surface area contributed by atoms with Gasteiger partial charge in [0.2, 0.25) is 0 Å². The molecule has 2 aromatic rings. The Balaban J connectivity index is 2.05. The Hall–Kier alpha value is -3.19. The van der Waals surface area contributed by atoms with E-state index in [1.165, 1.54) is 24.3 Å². The van der Waals surface area contributed by atoms with Crippen molar-refractivity contribution in [2.45, 2.75) is 44.6 Å². The molecule has 0 bridgehead atoms. The topological polar surface area (TPSA) is 115 Å². The molecule has 1 fully saturated rings. The average Bonchev–Trinajstić information content (AvgIpc) is 2.70. The van der Waals surface area contributed by atoms with Crippen LogP contribution in [0.25, 0.3) is 0 Å². The standard InChI is InChI=1S/C23H23NO6/c1-22(2)13-20(26)23(28,21(27)14-22)18(12-19(25)16-6-4-3-5-7-16)15-8-10-17(11-9-15)24(29)30/h3-11,18,28H,12-14H2,1-2H3. The van der Waals surface area contributed by atoms with Crippen LogP contribution in [0.5, 0.6) is 0 Å². The quantitative estimate of drug-likeness (QED) is 0.337. The van der Waals surface area contributed by atoms with Gasteiger partial charge < -0.3 is 5.11 Å². The van der Waals surface area contributed by atoms with Crippen LogP contribution in [-0.4, -0.2) is 33.0 Å². The second-order valence-corrected chi connectivity index (χ2v) is 8.53. The van der Waals surface area contributed by atoms with Gasteiger partial charge in [0.1, 0.15) is 0 Å². The lowest BCUT2D eigenvalue weighted by atomic mass is 9.63. The molecule has 1 saturated carbocycles. The molecule has 0 amide bonds. The lowest BCUT2D eigenvalue weighted by molar-refractivity contribution is -0.384. The highest BCUT2D eigenvalue weighted by Gasteiger charge is 2.56. The molecular weight excluding hydrogens is 386 g/mol. The Morgan fingerprint density at radius 2 is 1.57 bits per heavy atom. The first kappa shape index (κ1) is 21.5. The number of nitro groups is 1. The predicted octanol–water partition coefficient (Wildman–Crippen LogP) is 3.64. The fraction of sp³-hybridized carbons (Fsp3) is 0.348. The first-order chi connectivity index (χ1) is 14.0. The normalized spacial score (nSPS) is 18.6. The summed E-state index contributed by atoms with van der Waals surface area (Å²) in [5.41, 5.74) is -2.38. The molecule has 1 aliphatic carbocycles. The zero-order valence-electron chi connectivity index (χ0n) is 16.8. The Bertz CT molecular complexity index is 974. The molecule has 7 nitrogen and oxygen atoms in total. The molecule has 7 heteroatoms. The van der Waals surface area contributed by atoms with Crippen LogP contribution < -0.4 is 0 Å². The van der Waals surface area contributed by atoms with Gasteiger partial charge in [-0.25, -0.2) is 0 Å². The number of carbonyl (C=O) groups excluding carboxylic acids is 3. The summed E-state index contributed by atoms with van der Waals surface area (Å²) < 4.78 is 0. The van der Waals surface area contributed by atoms with E-state index in [9.17, 15) is 29.6 Å². The number of benzene rings is 2. The number of hydrogen-bond acceptors (Lipinski definition) is 6. The van der Waals surface area contributed by atoms with E-state index in [4.69, 9.17) is 0 Å². The van der Waals surface area contributed by atoms with E-state index in [1.807, 2.05) is 0 Å². The van der Waals surface area contributed by atoms with Gasteiger partial charge in [0.15, 0.2) is 23.0 Å². The van der Waals surface area contributed by atoms with Crippen molar-refractivity contribution in [2.24, 2.45) is 5.41 Å². The summed E-state index contributed by atoms with van der Waals surface area (Å²) in [6.45, 7) is 3.55. The molecule has 0 heterocycles. The van der Waals surface area contributed by atoms with E-state index >= 15 is 0 Å². The maximum atomic E-state index is 13.0. The molecule has 0 spiro atoms. The minimum Gasteiger partial charge on any atom is -0.374 e. The fourth-order valence-electron chi connectivity index (χ4n) is 4.01. The number of carbonyl (C=O) groups is 3. The molecule has 1 N–H and O–H groups in total. The second-order valence-electron chi connectivity index (χ2n) is 8.53. The molecule has 0 saturated heterocycles. The summed E-state index contributed by atoms with van der Waals surface area (Å²) in [6, 6.07) is 13.6. The highest BCUT2D eigenvalue weighted by molar-refractivity contribution is 6.14. The molecule has 1 unspecified atom stereocenters. The number of non-ortho nitro benzene ring substituents is 1. The Kier molecular flexibility index (Phi) is 5.67. The number of nitro benzene ring substituents is 1. The highest BCUT2D eigenvalue weighted by atomic mass is 16.6. The van der Waals surface area contributed by atoms with Crippen molar-refractivity contribution in [1.29, 1.82) is 0 Å². The minimum absolute atomic E-state index is 0.00174. The van der Waals surface area contributed by atoms with Crippen molar-refractivity contribution >= 4 is 23.0 Å². The van der Waals surface area contributed by atoms with Crippen molar-refractivity contribution in [3.63, 3.8) is 0 Å². The van der Waals surface area contributed by atoms with Crippen LogP contribution >= 0.6 is 0 Å². The molecule has 2 aromatic carbocycles. The third kappa shape index (κ3) is 4.07. The van der Waals surface area contributed by atoms with E-state index in [0.717, 1.165) is 0 Å². The smallest absolute Gasteiger partial charge is 0.269 e. The van der Waals surface area contributed by atoms with Gasteiger partial charge in [-0.05, 0) is 11.0 Å². The average molecular weight is 409 g/mol. The third-order valence-corrected chi connectivity index (χ3v) is 5.62. The minimum atomic E-state index is -2.35. The van der Waals surface area contributed by atoms with Gasteiger partial charge in [-0.1, -0.05) is 56.3 Å². The van der Waals surface area contributed by atoms with E-state index in [1.54, 1.807) is 44.2 Å².